The summed E-state index contributed by atoms with van der Waals surface area (Å²) < 4.78 is 32.6. The molecule has 0 aromatic heterocycles. The lowest BCUT2D eigenvalue weighted by Gasteiger charge is -2.10. The molecule has 0 saturated heterocycles. The van der Waals surface area contributed by atoms with Crippen LogP contribution in [0.1, 0.15) is 15.9 Å². The molecule has 0 bridgehead atoms. The first-order chi connectivity index (χ1) is 17.5. The Kier molecular flexibility index (Phi) is 7.91. The number of amides is 1. The molecule has 1 heterocycles. The fraction of sp³-hybridized carbons (Fsp3) is 0.160. The van der Waals surface area contributed by atoms with E-state index in [9.17, 15) is 9.59 Å². The predicted molar refractivity (Wildman–Crippen MR) is 132 cm³/mol. The third kappa shape index (κ3) is 6.05. The van der Waals surface area contributed by atoms with E-state index in [0.717, 1.165) is 0 Å². The van der Waals surface area contributed by atoms with E-state index >= 15 is 0 Å². The molecule has 0 fully saturated rings. The first kappa shape index (κ1) is 24.9. The highest BCUT2D eigenvalue weighted by atomic mass is 79.9. The van der Waals surface area contributed by atoms with Crippen LogP contribution in [0.4, 0.5) is 0 Å². The molecular formula is C25H21BrN2O8. The van der Waals surface area contributed by atoms with Gasteiger partial charge in [0.05, 0.1) is 30.5 Å². The van der Waals surface area contributed by atoms with Gasteiger partial charge in [0.15, 0.2) is 29.6 Å². The topological polar surface area (TPSA) is 114 Å². The second-order valence-electron chi connectivity index (χ2n) is 7.25. The summed E-state index contributed by atoms with van der Waals surface area (Å²) in [5.74, 6) is 1.64. The van der Waals surface area contributed by atoms with Gasteiger partial charge in [0.25, 0.3) is 5.91 Å². The molecule has 3 aromatic rings. The number of hydrogen-bond acceptors (Lipinski definition) is 9. The number of nitrogens with zero attached hydrogens (tertiary/aromatic N) is 1. The molecule has 0 aliphatic carbocycles. The Labute approximate surface area is 214 Å². The van der Waals surface area contributed by atoms with Gasteiger partial charge in [-0.15, -0.1) is 0 Å². The summed E-state index contributed by atoms with van der Waals surface area (Å²) in [5.41, 5.74) is 3.23. The molecule has 10 nitrogen and oxygen atoms in total. The van der Waals surface area contributed by atoms with Gasteiger partial charge in [0.2, 0.25) is 6.79 Å². The predicted octanol–water partition coefficient (Wildman–Crippen LogP) is 3.94. The van der Waals surface area contributed by atoms with Crippen molar-refractivity contribution in [3.63, 3.8) is 0 Å². The van der Waals surface area contributed by atoms with Gasteiger partial charge in [-0.1, -0.05) is 0 Å². The van der Waals surface area contributed by atoms with Crippen molar-refractivity contribution in [3.05, 3.63) is 70.2 Å². The molecule has 36 heavy (non-hydrogen) atoms. The molecule has 11 heteroatoms. The number of rotatable bonds is 9. The number of methoxy groups -OCH3 is 2. The Hall–Kier alpha value is -4.25. The van der Waals surface area contributed by atoms with Crippen molar-refractivity contribution >= 4 is 34.0 Å². The Bertz CT molecular complexity index is 1310. The first-order valence-electron chi connectivity index (χ1n) is 10.5. The van der Waals surface area contributed by atoms with E-state index in [4.69, 9.17) is 28.4 Å². The summed E-state index contributed by atoms with van der Waals surface area (Å²) in [6.45, 7) is -0.145. The number of hydrazone groups is 1. The Morgan fingerprint density at radius 3 is 2.56 bits per heavy atom. The minimum Gasteiger partial charge on any atom is -0.497 e. The van der Waals surface area contributed by atoms with Crippen LogP contribution < -0.4 is 33.8 Å². The molecule has 0 saturated carbocycles. The van der Waals surface area contributed by atoms with Crippen molar-refractivity contribution in [1.82, 2.24) is 5.43 Å². The molecule has 0 atom stereocenters. The standard InChI is InChI=1S/C25H21BrN2O8/c1-31-17-5-8-19(18(26)11-17)33-13-24(29)28-27-12-15-3-6-20(32-2)23(9-15)36-25(30)16-4-7-21-22(10-16)35-14-34-21/h3-12H,13-14H2,1-2H3,(H,28,29). The average molecular weight is 557 g/mol. The number of carbonyl (C=O) groups is 2. The van der Waals surface area contributed by atoms with Crippen LogP contribution in [0.5, 0.6) is 34.5 Å². The van der Waals surface area contributed by atoms with Gasteiger partial charge in [-0.25, -0.2) is 10.2 Å². The van der Waals surface area contributed by atoms with Crippen molar-refractivity contribution in [1.29, 1.82) is 0 Å². The molecule has 1 N–H and O–H groups in total. The molecule has 0 unspecified atom stereocenters. The molecule has 1 aliphatic heterocycles. The zero-order chi connectivity index (χ0) is 25.5. The molecule has 1 aliphatic rings. The van der Waals surface area contributed by atoms with Crippen LogP contribution in [0.25, 0.3) is 0 Å². The lowest BCUT2D eigenvalue weighted by atomic mass is 10.2. The van der Waals surface area contributed by atoms with E-state index < -0.39 is 11.9 Å². The number of fused-ring (bicyclic) bond motifs is 1. The lowest BCUT2D eigenvalue weighted by molar-refractivity contribution is -0.123. The molecular weight excluding hydrogens is 536 g/mol. The van der Waals surface area contributed by atoms with Gasteiger partial charge in [0, 0.05) is 0 Å². The SMILES string of the molecule is COc1ccc(OCC(=O)NN=Cc2ccc(OC)c(OC(=O)c3ccc4c(c3)OCO4)c2)c(Br)c1. The minimum absolute atomic E-state index is 0.102. The zero-order valence-corrected chi connectivity index (χ0v) is 20.9. The maximum absolute atomic E-state index is 12.7. The zero-order valence-electron chi connectivity index (χ0n) is 19.3. The molecule has 3 aromatic carbocycles. The third-order valence-corrected chi connectivity index (χ3v) is 5.52. The van der Waals surface area contributed by atoms with Crippen LogP contribution in [0, 0.1) is 0 Å². The quantitative estimate of drug-likeness (QED) is 0.182. The molecule has 4 rings (SSSR count). The highest BCUT2D eigenvalue weighted by molar-refractivity contribution is 9.10. The number of nitrogens with one attached hydrogen (secondary N) is 1. The van der Waals surface area contributed by atoms with Gasteiger partial charge >= 0.3 is 5.97 Å². The normalized spacial score (nSPS) is 11.8. The summed E-state index contributed by atoms with van der Waals surface area (Å²) in [7, 11) is 3.02. The summed E-state index contributed by atoms with van der Waals surface area (Å²) in [4.78, 5) is 24.7. The summed E-state index contributed by atoms with van der Waals surface area (Å²) in [6, 6.07) is 14.8. The Morgan fingerprint density at radius 1 is 0.972 bits per heavy atom. The third-order valence-electron chi connectivity index (χ3n) is 4.90. The Morgan fingerprint density at radius 2 is 1.78 bits per heavy atom. The van der Waals surface area contributed by atoms with Crippen molar-refractivity contribution in [2.75, 3.05) is 27.6 Å². The van der Waals surface area contributed by atoms with E-state index in [1.165, 1.54) is 13.3 Å². The Balaban J connectivity index is 1.35. The number of halogens is 1. The first-order valence-corrected chi connectivity index (χ1v) is 11.3. The van der Waals surface area contributed by atoms with Crippen LogP contribution in [0.15, 0.2) is 64.2 Å². The van der Waals surface area contributed by atoms with Crippen molar-refractivity contribution in [3.8, 4) is 34.5 Å². The number of ether oxygens (including phenoxy) is 6. The van der Waals surface area contributed by atoms with Gasteiger partial charge in [0.1, 0.15) is 11.5 Å². The van der Waals surface area contributed by atoms with Gasteiger partial charge in [-0.05, 0) is 76.1 Å². The smallest absolute Gasteiger partial charge is 0.343 e. The monoisotopic (exact) mass is 556 g/mol. The van der Waals surface area contributed by atoms with Crippen LogP contribution in [0.3, 0.4) is 0 Å². The van der Waals surface area contributed by atoms with E-state index in [-0.39, 0.29) is 24.7 Å². The highest BCUT2D eigenvalue weighted by Gasteiger charge is 2.19. The lowest BCUT2D eigenvalue weighted by Crippen LogP contribution is -2.24. The van der Waals surface area contributed by atoms with Gasteiger partial charge in [-0.2, -0.15) is 5.10 Å². The minimum atomic E-state index is -0.601. The van der Waals surface area contributed by atoms with Crippen molar-refractivity contribution in [2.24, 2.45) is 5.10 Å². The summed E-state index contributed by atoms with van der Waals surface area (Å²) in [5, 5.41) is 3.93. The average Bonchev–Trinajstić information content (AvgIpc) is 3.36. The van der Waals surface area contributed by atoms with Crippen molar-refractivity contribution < 1.29 is 38.0 Å². The highest BCUT2D eigenvalue weighted by Crippen LogP contribution is 2.34. The summed E-state index contributed by atoms with van der Waals surface area (Å²) in [6.07, 6.45) is 1.40. The maximum Gasteiger partial charge on any atom is 0.343 e. The van der Waals surface area contributed by atoms with Gasteiger partial charge < -0.3 is 28.4 Å². The van der Waals surface area contributed by atoms with Crippen LogP contribution in [0.2, 0.25) is 0 Å². The molecule has 186 valence electrons. The van der Waals surface area contributed by atoms with E-state index in [0.29, 0.717) is 38.8 Å². The number of hydrogen-bond donors (Lipinski definition) is 1. The van der Waals surface area contributed by atoms with Gasteiger partial charge in [-0.3, -0.25) is 4.79 Å². The fourth-order valence-electron chi connectivity index (χ4n) is 3.12. The molecule has 1 amide bonds. The van der Waals surface area contributed by atoms with Crippen LogP contribution in [-0.4, -0.2) is 45.7 Å². The van der Waals surface area contributed by atoms with Crippen LogP contribution >= 0.6 is 15.9 Å². The number of carbonyl (C=O) groups excluding carboxylic acids is 2. The largest absolute Gasteiger partial charge is 0.497 e. The molecule has 0 spiro atoms. The molecule has 0 radical (unpaired) electrons. The number of benzene rings is 3. The summed E-state index contributed by atoms with van der Waals surface area (Å²) >= 11 is 3.36. The number of esters is 1. The van der Waals surface area contributed by atoms with E-state index in [1.54, 1.807) is 61.7 Å². The maximum atomic E-state index is 12.7. The second-order valence-corrected chi connectivity index (χ2v) is 8.10. The van der Waals surface area contributed by atoms with Crippen LogP contribution in [-0.2, 0) is 4.79 Å². The van der Waals surface area contributed by atoms with Crippen molar-refractivity contribution in [2.45, 2.75) is 0 Å². The van der Waals surface area contributed by atoms with E-state index in [1.807, 2.05) is 0 Å². The second kappa shape index (κ2) is 11.5. The van der Waals surface area contributed by atoms with E-state index in [2.05, 4.69) is 26.5 Å². The fourth-order valence-corrected chi connectivity index (χ4v) is 3.59.